The summed E-state index contributed by atoms with van der Waals surface area (Å²) in [6.07, 6.45) is -0.968. The van der Waals surface area contributed by atoms with Gasteiger partial charge in [0.1, 0.15) is 11.5 Å². The van der Waals surface area contributed by atoms with Gasteiger partial charge in [-0.2, -0.15) is 0 Å². The van der Waals surface area contributed by atoms with E-state index in [-0.39, 0.29) is 11.5 Å². The second-order valence-electron chi connectivity index (χ2n) is 6.49. The number of esters is 1. The van der Waals surface area contributed by atoms with E-state index in [1.165, 1.54) is 27.4 Å². The molecule has 0 aliphatic rings. The summed E-state index contributed by atoms with van der Waals surface area (Å²) < 4.78 is 30.1. The molecule has 0 heterocycles. The standard InChI is InChI=1S/C23H26O9/c1-6-16-17(10-11-27-2)20(14-8-7-9-15(12-14)21(24)28-3)19(32-23(26)30-5)13-18(16)31-22(25)29-4/h7-9,12-13H,6,10-11H2,1-5H3. The molecular weight excluding hydrogens is 420 g/mol. The van der Waals surface area contributed by atoms with Crippen molar-refractivity contribution >= 4 is 18.3 Å². The number of benzene rings is 2. The minimum Gasteiger partial charge on any atom is -0.465 e. The highest BCUT2D eigenvalue weighted by Gasteiger charge is 2.24. The molecule has 9 nitrogen and oxygen atoms in total. The van der Waals surface area contributed by atoms with Gasteiger partial charge in [0, 0.05) is 18.7 Å². The van der Waals surface area contributed by atoms with Gasteiger partial charge in [-0.25, -0.2) is 14.4 Å². The van der Waals surface area contributed by atoms with Crippen molar-refractivity contribution in [1.29, 1.82) is 0 Å². The zero-order valence-corrected chi connectivity index (χ0v) is 18.7. The molecule has 0 saturated heterocycles. The Labute approximate surface area is 186 Å². The lowest BCUT2D eigenvalue weighted by atomic mass is 9.90. The van der Waals surface area contributed by atoms with Crippen molar-refractivity contribution in [3.05, 3.63) is 47.0 Å². The summed E-state index contributed by atoms with van der Waals surface area (Å²) >= 11 is 0. The molecule has 0 unspecified atom stereocenters. The van der Waals surface area contributed by atoms with Crippen molar-refractivity contribution in [1.82, 2.24) is 0 Å². The molecule has 0 spiro atoms. The van der Waals surface area contributed by atoms with Gasteiger partial charge in [0.15, 0.2) is 0 Å². The zero-order chi connectivity index (χ0) is 23.7. The summed E-state index contributed by atoms with van der Waals surface area (Å²) in [4.78, 5) is 35.9. The number of rotatable bonds is 8. The molecule has 172 valence electrons. The summed E-state index contributed by atoms with van der Waals surface area (Å²) in [7, 11) is 5.22. The van der Waals surface area contributed by atoms with Gasteiger partial charge in [-0.3, -0.25) is 0 Å². The number of hydrogen-bond donors (Lipinski definition) is 0. The van der Waals surface area contributed by atoms with Crippen molar-refractivity contribution in [2.24, 2.45) is 0 Å². The van der Waals surface area contributed by atoms with Gasteiger partial charge in [0.05, 0.1) is 33.5 Å². The van der Waals surface area contributed by atoms with E-state index in [0.717, 1.165) is 5.56 Å². The van der Waals surface area contributed by atoms with Gasteiger partial charge < -0.3 is 28.4 Å². The highest BCUT2D eigenvalue weighted by molar-refractivity contribution is 5.92. The Balaban J connectivity index is 2.84. The van der Waals surface area contributed by atoms with Crippen LogP contribution in [0.2, 0.25) is 0 Å². The van der Waals surface area contributed by atoms with Crippen LogP contribution in [-0.2, 0) is 31.8 Å². The molecule has 2 rings (SSSR count). The second-order valence-corrected chi connectivity index (χ2v) is 6.49. The van der Waals surface area contributed by atoms with Gasteiger partial charge in [-0.1, -0.05) is 19.1 Å². The lowest BCUT2D eigenvalue weighted by Gasteiger charge is -2.21. The van der Waals surface area contributed by atoms with Crippen LogP contribution in [0.3, 0.4) is 0 Å². The Morgan fingerprint density at radius 3 is 2.03 bits per heavy atom. The summed E-state index contributed by atoms with van der Waals surface area (Å²) in [5.41, 5.74) is 2.86. The van der Waals surface area contributed by atoms with Crippen LogP contribution in [0.1, 0.15) is 28.4 Å². The maximum atomic E-state index is 12.1. The maximum Gasteiger partial charge on any atom is 0.513 e. The van der Waals surface area contributed by atoms with Gasteiger partial charge in [0.25, 0.3) is 0 Å². The van der Waals surface area contributed by atoms with Gasteiger partial charge in [0.2, 0.25) is 0 Å². The summed E-state index contributed by atoms with van der Waals surface area (Å²) in [5, 5.41) is 0. The fourth-order valence-electron chi connectivity index (χ4n) is 3.26. The van der Waals surface area contributed by atoms with Crippen LogP contribution in [0.25, 0.3) is 11.1 Å². The molecule has 9 heteroatoms. The van der Waals surface area contributed by atoms with E-state index in [0.29, 0.717) is 41.7 Å². The predicted molar refractivity (Wildman–Crippen MR) is 114 cm³/mol. The third-order valence-electron chi connectivity index (χ3n) is 4.67. The van der Waals surface area contributed by atoms with Crippen molar-refractivity contribution in [3.63, 3.8) is 0 Å². The fraction of sp³-hybridized carbons (Fsp3) is 0.348. The first-order valence-electron chi connectivity index (χ1n) is 9.78. The largest absolute Gasteiger partial charge is 0.513 e. The predicted octanol–water partition coefficient (Wildman–Crippen LogP) is 4.18. The van der Waals surface area contributed by atoms with Gasteiger partial charge >= 0.3 is 18.3 Å². The topological polar surface area (TPSA) is 107 Å². The first-order valence-corrected chi connectivity index (χ1v) is 9.78. The van der Waals surface area contributed by atoms with Crippen LogP contribution in [0.5, 0.6) is 11.5 Å². The molecule has 0 amide bonds. The minimum absolute atomic E-state index is 0.0843. The number of carbonyl (C=O) groups excluding carboxylic acids is 3. The molecule has 0 aliphatic carbocycles. The average Bonchev–Trinajstić information content (AvgIpc) is 2.81. The molecule has 0 N–H and O–H groups in total. The second kappa shape index (κ2) is 11.7. The highest BCUT2D eigenvalue weighted by atomic mass is 16.7. The molecule has 0 aliphatic heterocycles. The quantitative estimate of drug-likeness (QED) is 0.335. The smallest absolute Gasteiger partial charge is 0.465 e. The Morgan fingerprint density at radius 2 is 1.47 bits per heavy atom. The van der Waals surface area contributed by atoms with E-state index >= 15 is 0 Å². The van der Waals surface area contributed by atoms with Crippen molar-refractivity contribution < 1.29 is 42.8 Å². The van der Waals surface area contributed by atoms with E-state index in [4.69, 9.17) is 18.9 Å². The molecule has 2 aromatic rings. The molecule has 2 aromatic carbocycles. The summed E-state index contributed by atoms with van der Waals surface area (Å²) in [6, 6.07) is 8.11. The van der Waals surface area contributed by atoms with E-state index in [2.05, 4.69) is 9.47 Å². The Bertz CT molecular complexity index is 982. The highest BCUT2D eigenvalue weighted by Crippen LogP contribution is 2.42. The van der Waals surface area contributed by atoms with Crippen LogP contribution in [0.4, 0.5) is 9.59 Å². The molecule has 0 bridgehead atoms. The van der Waals surface area contributed by atoms with E-state index < -0.39 is 18.3 Å². The normalized spacial score (nSPS) is 10.3. The van der Waals surface area contributed by atoms with Crippen LogP contribution < -0.4 is 9.47 Å². The van der Waals surface area contributed by atoms with Crippen molar-refractivity contribution in [2.45, 2.75) is 19.8 Å². The number of carbonyl (C=O) groups is 3. The third-order valence-corrected chi connectivity index (χ3v) is 4.67. The summed E-state index contributed by atoms with van der Waals surface area (Å²) in [5.74, 6) is -0.250. The Morgan fingerprint density at radius 1 is 0.812 bits per heavy atom. The number of methoxy groups -OCH3 is 4. The monoisotopic (exact) mass is 446 g/mol. The Hall–Kier alpha value is -3.59. The fourth-order valence-corrected chi connectivity index (χ4v) is 3.26. The molecule has 0 atom stereocenters. The van der Waals surface area contributed by atoms with E-state index in [1.54, 1.807) is 31.4 Å². The lowest BCUT2D eigenvalue weighted by Crippen LogP contribution is -2.14. The SMILES string of the molecule is CCc1c(OC(=O)OC)cc(OC(=O)OC)c(-c2cccc(C(=O)OC)c2)c1CCOC. The van der Waals surface area contributed by atoms with Crippen molar-refractivity contribution in [2.75, 3.05) is 35.0 Å². The van der Waals surface area contributed by atoms with E-state index in [1.807, 2.05) is 6.92 Å². The van der Waals surface area contributed by atoms with Crippen LogP contribution >= 0.6 is 0 Å². The molecule has 32 heavy (non-hydrogen) atoms. The van der Waals surface area contributed by atoms with Crippen molar-refractivity contribution in [3.8, 4) is 22.6 Å². The third kappa shape index (κ3) is 5.76. The molecule has 0 fully saturated rings. The van der Waals surface area contributed by atoms with Crippen LogP contribution in [0.15, 0.2) is 30.3 Å². The van der Waals surface area contributed by atoms with Crippen LogP contribution in [-0.4, -0.2) is 53.3 Å². The zero-order valence-electron chi connectivity index (χ0n) is 18.7. The van der Waals surface area contributed by atoms with E-state index in [9.17, 15) is 14.4 Å². The number of ether oxygens (including phenoxy) is 6. The maximum absolute atomic E-state index is 12.1. The number of hydrogen-bond acceptors (Lipinski definition) is 9. The molecule has 0 radical (unpaired) electrons. The van der Waals surface area contributed by atoms with Gasteiger partial charge in [-0.15, -0.1) is 0 Å². The molecular formula is C23H26O9. The Kier molecular flexibility index (Phi) is 9.03. The molecule has 0 aromatic heterocycles. The van der Waals surface area contributed by atoms with Gasteiger partial charge in [-0.05, 0) is 41.7 Å². The molecule has 0 saturated carbocycles. The van der Waals surface area contributed by atoms with Crippen LogP contribution in [0, 0.1) is 0 Å². The first kappa shape index (κ1) is 24.7. The summed E-state index contributed by atoms with van der Waals surface area (Å²) in [6.45, 7) is 2.24. The minimum atomic E-state index is -0.957. The first-order chi connectivity index (χ1) is 15.4. The average molecular weight is 446 g/mol. The lowest BCUT2D eigenvalue weighted by molar-refractivity contribution is 0.0600.